The number of hydrogen-bond donors (Lipinski definition) is 1. The van der Waals surface area contributed by atoms with Crippen LogP contribution in [0, 0.1) is 11.7 Å². The Balaban J connectivity index is 1.72. The minimum atomic E-state index is -0.305. The summed E-state index contributed by atoms with van der Waals surface area (Å²) < 4.78 is 24.2. The van der Waals surface area contributed by atoms with Crippen molar-refractivity contribution in [3.8, 4) is 11.5 Å². The SMILES string of the molecule is CC(C)[C@@H](NC(=O)Cc1ccc(F)cc1)c1ccc2c(c1)OCCO2. The molecule has 4 nitrogen and oxygen atoms in total. The van der Waals surface area contributed by atoms with Gasteiger partial charge >= 0.3 is 0 Å². The van der Waals surface area contributed by atoms with E-state index in [1.54, 1.807) is 12.1 Å². The Hall–Kier alpha value is -2.56. The van der Waals surface area contributed by atoms with Crippen LogP contribution in [0.3, 0.4) is 0 Å². The van der Waals surface area contributed by atoms with Gasteiger partial charge in [0.1, 0.15) is 19.0 Å². The number of carbonyl (C=O) groups is 1. The highest BCUT2D eigenvalue weighted by atomic mass is 19.1. The van der Waals surface area contributed by atoms with E-state index in [4.69, 9.17) is 9.47 Å². The highest BCUT2D eigenvalue weighted by Gasteiger charge is 2.21. The first-order valence-electron chi connectivity index (χ1n) is 8.46. The van der Waals surface area contributed by atoms with E-state index in [9.17, 15) is 9.18 Å². The Morgan fingerprint density at radius 3 is 2.44 bits per heavy atom. The number of hydrogen-bond acceptors (Lipinski definition) is 3. The van der Waals surface area contributed by atoms with Crippen molar-refractivity contribution in [3.63, 3.8) is 0 Å². The molecule has 0 unspecified atom stereocenters. The van der Waals surface area contributed by atoms with Gasteiger partial charge in [-0.15, -0.1) is 0 Å². The van der Waals surface area contributed by atoms with Gasteiger partial charge in [0.05, 0.1) is 12.5 Å². The fourth-order valence-corrected chi connectivity index (χ4v) is 2.90. The minimum Gasteiger partial charge on any atom is -0.486 e. The molecule has 0 spiro atoms. The number of ether oxygens (including phenoxy) is 2. The van der Waals surface area contributed by atoms with E-state index < -0.39 is 0 Å². The fourth-order valence-electron chi connectivity index (χ4n) is 2.90. The largest absolute Gasteiger partial charge is 0.486 e. The Morgan fingerprint density at radius 2 is 1.76 bits per heavy atom. The second-order valence-corrected chi connectivity index (χ2v) is 6.50. The molecule has 0 fully saturated rings. The lowest BCUT2D eigenvalue weighted by molar-refractivity contribution is -0.121. The molecule has 0 radical (unpaired) electrons. The zero-order valence-corrected chi connectivity index (χ0v) is 14.4. The smallest absolute Gasteiger partial charge is 0.224 e. The molecule has 5 heteroatoms. The van der Waals surface area contributed by atoms with Crippen LogP contribution in [0.15, 0.2) is 42.5 Å². The van der Waals surface area contributed by atoms with Gasteiger partial charge in [0.2, 0.25) is 5.91 Å². The maximum Gasteiger partial charge on any atom is 0.224 e. The van der Waals surface area contributed by atoms with Crippen LogP contribution in [-0.2, 0) is 11.2 Å². The van der Waals surface area contributed by atoms with E-state index in [1.165, 1.54) is 12.1 Å². The summed E-state index contributed by atoms with van der Waals surface area (Å²) in [5.74, 6) is 1.25. The molecule has 3 rings (SSSR count). The summed E-state index contributed by atoms with van der Waals surface area (Å²) in [6.07, 6.45) is 0.216. The van der Waals surface area contributed by atoms with E-state index in [0.29, 0.717) is 19.0 Å². The van der Waals surface area contributed by atoms with Crippen LogP contribution in [-0.4, -0.2) is 19.1 Å². The van der Waals surface area contributed by atoms with Crippen LogP contribution in [0.1, 0.15) is 31.0 Å². The third kappa shape index (κ3) is 4.29. The highest BCUT2D eigenvalue weighted by molar-refractivity contribution is 5.79. The zero-order valence-electron chi connectivity index (χ0n) is 14.4. The molecule has 1 N–H and O–H groups in total. The van der Waals surface area contributed by atoms with Gasteiger partial charge in [-0.05, 0) is 41.3 Å². The first-order valence-corrected chi connectivity index (χ1v) is 8.46. The summed E-state index contributed by atoms with van der Waals surface area (Å²) in [5, 5.41) is 3.07. The molecule has 1 aliphatic rings. The van der Waals surface area contributed by atoms with Crippen molar-refractivity contribution in [1.82, 2.24) is 5.32 Å². The number of benzene rings is 2. The second kappa shape index (κ2) is 7.55. The third-order valence-corrected chi connectivity index (χ3v) is 4.19. The number of rotatable bonds is 5. The first-order chi connectivity index (χ1) is 12.0. The molecule has 132 valence electrons. The molecule has 1 heterocycles. The lowest BCUT2D eigenvalue weighted by Crippen LogP contribution is -2.33. The predicted octanol–water partition coefficient (Wildman–Crippen LogP) is 3.65. The molecule has 0 saturated heterocycles. The zero-order chi connectivity index (χ0) is 17.8. The lowest BCUT2D eigenvalue weighted by atomic mass is 9.95. The number of nitrogens with one attached hydrogen (secondary N) is 1. The van der Waals surface area contributed by atoms with Crippen LogP contribution in [0.4, 0.5) is 4.39 Å². The van der Waals surface area contributed by atoms with Gasteiger partial charge in [-0.3, -0.25) is 4.79 Å². The second-order valence-electron chi connectivity index (χ2n) is 6.50. The normalized spacial score (nSPS) is 14.2. The number of carbonyl (C=O) groups excluding carboxylic acids is 1. The van der Waals surface area contributed by atoms with Gasteiger partial charge in [-0.25, -0.2) is 4.39 Å². The predicted molar refractivity (Wildman–Crippen MR) is 93.3 cm³/mol. The summed E-state index contributed by atoms with van der Waals surface area (Å²) in [7, 11) is 0. The van der Waals surface area contributed by atoms with Gasteiger partial charge in [-0.1, -0.05) is 32.0 Å². The maximum absolute atomic E-state index is 13.0. The van der Waals surface area contributed by atoms with Gasteiger partial charge in [0.15, 0.2) is 11.5 Å². The van der Waals surface area contributed by atoms with Crippen molar-refractivity contribution in [2.24, 2.45) is 5.92 Å². The third-order valence-electron chi connectivity index (χ3n) is 4.19. The first kappa shape index (κ1) is 17.3. The summed E-state index contributed by atoms with van der Waals surface area (Å²) in [6.45, 7) is 5.19. The van der Waals surface area contributed by atoms with E-state index in [2.05, 4.69) is 19.2 Å². The van der Waals surface area contributed by atoms with Crippen molar-refractivity contribution >= 4 is 5.91 Å². The Kier molecular flexibility index (Phi) is 5.22. The van der Waals surface area contributed by atoms with E-state index in [1.807, 2.05) is 18.2 Å². The average Bonchev–Trinajstić information content (AvgIpc) is 2.61. The summed E-state index contributed by atoms with van der Waals surface area (Å²) >= 11 is 0. The molecule has 1 aliphatic heterocycles. The van der Waals surface area contributed by atoms with Crippen LogP contribution in [0.25, 0.3) is 0 Å². The van der Waals surface area contributed by atoms with Crippen molar-refractivity contribution in [2.45, 2.75) is 26.3 Å². The number of amides is 1. The van der Waals surface area contributed by atoms with E-state index >= 15 is 0 Å². The Labute approximate surface area is 147 Å². The maximum atomic E-state index is 13.0. The molecule has 0 saturated carbocycles. The molecule has 0 aromatic heterocycles. The van der Waals surface area contributed by atoms with Crippen LogP contribution in [0.2, 0.25) is 0 Å². The van der Waals surface area contributed by atoms with Crippen molar-refractivity contribution in [1.29, 1.82) is 0 Å². The molecule has 25 heavy (non-hydrogen) atoms. The van der Waals surface area contributed by atoms with Crippen molar-refractivity contribution in [3.05, 3.63) is 59.4 Å². The van der Waals surface area contributed by atoms with E-state index in [-0.39, 0.29) is 30.1 Å². The lowest BCUT2D eigenvalue weighted by Gasteiger charge is -2.25. The van der Waals surface area contributed by atoms with Crippen molar-refractivity contribution < 1.29 is 18.7 Å². The highest BCUT2D eigenvalue weighted by Crippen LogP contribution is 2.34. The number of halogens is 1. The molecule has 0 aliphatic carbocycles. The van der Waals surface area contributed by atoms with Gasteiger partial charge < -0.3 is 14.8 Å². The topological polar surface area (TPSA) is 47.6 Å². The summed E-state index contributed by atoms with van der Waals surface area (Å²) in [5.41, 5.74) is 1.76. The summed E-state index contributed by atoms with van der Waals surface area (Å²) in [6, 6.07) is 11.6. The molecule has 0 bridgehead atoms. The molecular weight excluding hydrogens is 321 g/mol. The monoisotopic (exact) mass is 343 g/mol. The Morgan fingerprint density at radius 1 is 1.08 bits per heavy atom. The standard InChI is InChI=1S/C20H22FNO3/c1-13(2)20(15-5-8-17-18(12-15)25-10-9-24-17)22-19(23)11-14-3-6-16(21)7-4-14/h3-8,12-13,20H,9-11H2,1-2H3,(H,22,23)/t20-/m1/s1. The van der Waals surface area contributed by atoms with Gasteiger partial charge in [-0.2, -0.15) is 0 Å². The quantitative estimate of drug-likeness (QED) is 0.901. The van der Waals surface area contributed by atoms with Gasteiger partial charge in [0, 0.05) is 0 Å². The van der Waals surface area contributed by atoms with Crippen molar-refractivity contribution in [2.75, 3.05) is 13.2 Å². The van der Waals surface area contributed by atoms with Crippen LogP contribution >= 0.6 is 0 Å². The van der Waals surface area contributed by atoms with Crippen LogP contribution in [0.5, 0.6) is 11.5 Å². The number of fused-ring (bicyclic) bond motifs is 1. The molecule has 2 aromatic rings. The summed E-state index contributed by atoms with van der Waals surface area (Å²) in [4.78, 5) is 12.4. The van der Waals surface area contributed by atoms with E-state index in [0.717, 1.165) is 16.9 Å². The van der Waals surface area contributed by atoms with Gasteiger partial charge in [0.25, 0.3) is 0 Å². The van der Waals surface area contributed by atoms with Crippen LogP contribution < -0.4 is 14.8 Å². The fraction of sp³-hybridized carbons (Fsp3) is 0.350. The molecular formula is C20H22FNO3. The molecule has 2 aromatic carbocycles. The molecule has 1 atom stereocenters. The molecule has 1 amide bonds. The minimum absolute atomic E-state index is 0.0970. The Bertz CT molecular complexity index is 743. The average molecular weight is 343 g/mol.